The van der Waals surface area contributed by atoms with Crippen LogP contribution in [0.1, 0.15) is 36.4 Å². The van der Waals surface area contributed by atoms with E-state index in [1.54, 1.807) is 12.3 Å². The maximum atomic E-state index is 14.3. The van der Waals surface area contributed by atoms with Gasteiger partial charge in [-0.2, -0.15) is 5.10 Å². The van der Waals surface area contributed by atoms with Crippen molar-refractivity contribution < 1.29 is 4.39 Å². The number of hydrogen-bond donors (Lipinski definition) is 1. The number of nitrogens with zero attached hydrogens (tertiary/aromatic N) is 2. The molecule has 0 spiro atoms. The molecule has 0 bridgehead atoms. The first-order valence-corrected chi connectivity index (χ1v) is 9.85. The first-order chi connectivity index (χ1) is 13.3. The molecule has 1 aliphatic rings. The normalized spacial score (nSPS) is 17.9. The third kappa shape index (κ3) is 4.28. The van der Waals surface area contributed by atoms with Crippen molar-refractivity contribution in [3.8, 4) is 11.1 Å². The second-order valence-electron chi connectivity index (χ2n) is 7.41. The number of aromatic nitrogens is 2. The molecule has 0 saturated carbocycles. The molecule has 4 heteroatoms. The summed E-state index contributed by atoms with van der Waals surface area (Å²) in [6.07, 6.45) is 6.35. The molecule has 27 heavy (non-hydrogen) atoms. The van der Waals surface area contributed by atoms with Gasteiger partial charge >= 0.3 is 0 Å². The molecule has 0 radical (unpaired) electrons. The third-order valence-corrected chi connectivity index (χ3v) is 5.53. The van der Waals surface area contributed by atoms with Crippen molar-refractivity contribution in [3.05, 3.63) is 77.9 Å². The highest BCUT2D eigenvalue weighted by Crippen LogP contribution is 2.34. The molecule has 1 aromatic heterocycles. The Bertz CT molecular complexity index is 859. The van der Waals surface area contributed by atoms with Gasteiger partial charge in [0.05, 0.1) is 6.20 Å². The van der Waals surface area contributed by atoms with E-state index in [0.717, 1.165) is 43.7 Å². The van der Waals surface area contributed by atoms with Crippen LogP contribution in [-0.2, 0) is 6.42 Å². The highest BCUT2D eigenvalue weighted by molar-refractivity contribution is 5.66. The van der Waals surface area contributed by atoms with Crippen molar-refractivity contribution in [1.82, 2.24) is 15.1 Å². The number of benzene rings is 2. The van der Waals surface area contributed by atoms with Crippen molar-refractivity contribution in [2.75, 3.05) is 19.6 Å². The Kier molecular flexibility index (Phi) is 5.64. The summed E-state index contributed by atoms with van der Waals surface area (Å²) in [6.45, 7) is 3.27. The van der Waals surface area contributed by atoms with Crippen molar-refractivity contribution in [3.63, 3.8) is 0 Å². The van der Waals surface area contributed by atoms with Gasteiger partial charge in [-0.1, -0.05) is 48.5 Å². The Morgan fingerprint density at radius 1 is 1.04 bits per heavy atom. The Labute approximate surface area is 160 Å². The number of piperidine rings is 1. The summed E-state index contributed by atoms with van der Waals surface area (Å²) in [7, 11) is 0. The van der Waals surface area contributed by atoms with Crippen molar-refractivity contribution in [2.24, 2.45) is 0 Å². The molecule has 1 fully saturated rings. The maximum Gasteiger partial charge on any atom is 0.131 e. The summed E-state index contributed by atoms with van der Waals surface area (Å²) in [4.78, 5) is 2.54. The van der Waals surface area contributed by atoms with E-state index in [-0.39, 0.29) is 5.82 Å². The summed E-state index contributed by atoms with van der Waals surface area (Å²) in [5, 5.41) is 7.39. The van der Waals surface area contributed by atoms with E-state index >= 15 is 0 Å². The van der Waals surface area contributed by atoms with Gasteiger partial charge in [-0.25, -0.2) is 4.39 Å². The topological polar surface area (TPSA) is 31.9 Å². The molecule has 0 aliphatic carbocycles. The smallest absolute Gasteiger partial charge is 0.131 e. The van der Waals surface area contributed by atoms with Crippen LogP contribution in [0.2, 0.25) is 0 Å². The predicted octanol–water partition coefficient (Wildman–Crippen LogP) is 5.03. The van der Waals surface area contributed by atoms with E-state index in [0.29, 0.717) is 11.5 Å². The number of aryl methyl sites for hydroxylation is 1. The molecule has 4 rings (SSSR count). The number of nitrogens with one attached hydrogen (secondary N) is 1. The van der Waals surface area contributed by atoms with Crippen LogP contribution in [0.3, 0.4) is 0 Å². The Balaban J connectivity index is 1.40. The van der Waals surface area contributed by atoms with Crippen LogP contribution >= 0.6 is 0 Å². The van der Waals surface area contributed by atoms with Gasteiger partial charge in [-0.3, -0.25) is 5.10 Å². The molecule has 1 saturated heterocycles. The van der Waals surface area contributed by atoms with Crippen LogP contribution < -0.4 is 0 Å². The molecule has 1 atom stereocenters. The molecular formula is C23H26FN3. The minimum atomic E-state index is -0.185. The molecule has 3 nitrogen and oxygen atoms in total. The monoisotopic (exact) mass is 363 g/mol. The Hall–Kier alpha value is -2.46. The average Bonchev–Trinajstić information content (AvgIpc) is 3.19. The first kappa shape index (κ1) is 17.9. The van der Waals surface area contributed by atoms with E-state index in [9.17, 15) is 4.39 Å². The number of likely N-dealkylation sites (tertiary alicyclic amines) is 1. The summed E-state index contributed by atoms with van der Waals surface area (Å²) in [5.74, 6) is 0.197. The van der Waals surface area contributed by atoms with E-state index in [4.69, 9.17) is 0 Å². The predicted molar refractivity (Wildman–Crippen MR) is 107 cm³/mol. The number of H-pyrrole nitrogens is 1. The zero-order valence-corrected chi connectivity index (χ0v) is 15.6. The highest BCUT2D eigenvalue weighted by atomic mass is 19.1. The summed E-state index contributed by atoms with van der Waals surface area (Å²) >= 11 is 0. The van der Waals surface area contributed by atoms with Gasteiger partial charge in [0.2, 0.25) is 0 Å². The number of aromatic amines is 1. The SMILES string of the molecule is Fc1ccccc1-c1cn[nH]c1C1CCCN(CCCc2ccccc2)C1. The van der Waals surface area contributed by atoms with Crippen LogP contribution in [-0.4, -0.2) is 34.7 Å². The average molecular weight is 363 g/mol. The Morgan fingerprint density at radius 2 is 1.85 bits per heavy atom. The number of halogens is 1. The molecule has 2 heterocycles. The fourth-order valence-corrected chi connectivity index (χ4v) is 4.15. The Morgan fingerprint density at radius 3 is 2.70 bits per heavy atom. The van der Waals surface area contributed by atoms with Gasteiger partial charge in [-0.15, -0.1) is 0 Å². The van der Waals surface area contributed by atoms with E-state index < -0.39 is 0 Å². The van der Waals surface area contributed by atoms with Gasteiger partial charge in [0, 0.05) is 29.3 Å². The fourth-order valence-electron chi connectivity index (χ4n) is 4.15. The molecule has 3 aromatic rings. The van der Waals surface area contributed by atoms with E-state index in [1.165, 1.54) is 24.5 Å². The lowest BCUT2D eigenvalue weighted by Crippen LogP contribution is -2.35. The zero-order chi connectivity index (χ0) is 18.5. The van der Waals surface area contributed by atoms with Crippen molar-refractivity contribution >= 4 is 0 Å². The zero-order valence-electron chi connectivity index (χ0n) is 15.6. The number of hydrogen-bond acceptors (Lipinski definition) is 2. The van der Waals surface area contributed by atoms with Crippen LogP contribution in [0.5, 0.6) is 0 Å². The molecule has 140 valence electrons. The van der Waals surface area contributed by atoms with Gasteiger partial charge in [-0.05, 0) is 50.4 Å². The van der Waals surface area contributed by atoms with E-state index in [2.05, 4.69) is 45.4 Å². The highest BCUT2D eigenvalue weighted by Gasteiger charge is 2.25. The van der Waals surface area contributed by atoms with Gasteiger partial charge in [0.1, 0.15) is 5.82 Å². The van der Waals surface area contributed by atoms with Crippen LogP contribution in [0.4, 0.5) is 4.39 Å². The first-order valence-electron chi connectivity index (χ1n) is 9.85. The molecule has 1 unspecified atom stereocenters. The third-order valence-electron chi connectivity index (χ3n) is 5.53. The summed E-state index contributed by atoms with van der Waals surface area (Å²) < 4.78 is 14.3. The second kappa shape index (κ2) is 8.49. The van der Waals surface area contributed by atoms with Crippen LogP contribution in [0.25, 0.3) is 11.1 Å². The minimum absolute atomic E-state index is 0.185. The quantitative estimate of drug-likeness (QED) is 0.666. The van der Waals surface area contributed by atoms with Gasteiger partial charge in [0.25, 0.3) is 0 Å². The van der Waals surface area contributed by atoms with Gasteiger partial charge in [0.15, 0.2) is 0 Å². The number of rotatable bonds is 6. The molecule has 1 N–H and O–H groups in total. The standard InChI is InChI=1S/C23H26FN3/c24-22-13-5-4-12-20(22)21-16-25-26-23(21)19-11-7-15-27(17-19)14-6-10-18-8-2-1-3-9-18/h1-5,8-9,12-13,16,19H,6-7,10-11,14-15,17H2,(H,25,26). The minimum Gasteiger partial charge on any atom is -0.303 e. The van der Waals surface area contributed by atoms with Gasteiger partial charge < -0.3 is 4.90 Å². The largest absolute Gasteiger partial charge is 0.303 e. The summed E-state index contributed by atoms with van der Waals surface area (Å²) in [6, 6.07) is 17.6. The van der Waals surface area contributed by atoms with Crippen LogP contribution in [0, 0.1) is 5.82 Å². The van der Waals surface area contributed by atoms with Crippen molar-refractivity contribution in [2.45, 2.75) is 31.6 Å². The molecule has 2 aromatic carbocycles. The van der Waals surface area contributed by atoms with E-state index in [1.807, 2.05) is 12.1 Å². The van der Waals surface area contributed by atoms with Crippen molar-refractivity contribution in [1.29, 1.82) is 0 Å². The molecule has 1 aliphatic heterocycles. The lowest BCUT2D eigenvalue weighted by molar-refractivity contribution is 0.204. The maximum absolute atomic E-state index is 14.3. The second-order valence-corrected chi connectivity index (χ2v) is 7.41. The van der Waals surface area contributed by atoms with Crippen LogP contribution in [0.15, 0.2) is 60.8 Å². The summed E-state index contributed by atoms with van der Waals surface area (Å²) in [5.41, 5.74) is 4.03. The lowest BCUT2D eigenvalue weighted by atomic mass is 9.90. The fraction of sp³-hybridized carbons (Fsp3) is 0.348. The molecular weight excluding hydrogens is 337 g/mol. The lowest BCUT2D eigenvalue weighted by Gasteiger charge is -2.32. The molecule has 0 amide bonds.